The molecule has 3 nitrogen and oxygen atoms in total. The predicted molar refractivity (Wildman–Crippen MR) is 88.0 cm³/mol. The van der Waals surface area contributed by atoms with Crippen LogP contribution in [0.2, 0.25) is 0 Å². The minimum Gasteiger partial charge on any atom is -0.327 e. The number of benzene rings is 1. The molecule has 0 radical (unpaired) electrons. The van der Waals surface area contributed by atoms with Crippen molar-refractivity contribution in [3.05, 3.63) is 35.9 Å². The fraction of sp³-hybridized carbons (Fsp3) is 0.647. The Bertz CT molecular complexity index is 337. The lowest BCUT2D eigenvalue weighted by Crippen LogP contribution is -2.41. The zero-order valence-electron chi connectivity index (χ0n) is 13.4. The van der Waals surface area contributed by atoms with E-state index in [-0.39, 0.29) is 6.04 Å². The number of likely N-dealkylation sites (N-methyl/N-ethyl adjacent to an activating group) is 1. The van der Waals surface area contributed by atoms with E-state index in [9.17, 15) is 0 Å². The van der Waals surface area contributed by atoms with Gasteiger partial charge < -0.3 is 15.5 Å². The van der Waals surface area contributed by atoms with Gasteiger partial charge in [0.15, 0.2) is 0 Å². The summed E-state index contributed by atoms with van der Waals surface area (Å²) in [5, 5.41) is 0. The molecule has 0 aliphatic carbocycles. The lowest BCUT2D eigenvalue weighted by atomic mass is 10.1. The number of nitrogens with two attached hydrogens (primary N) is 1. The smallest absolute Gasteiger partial charge is 0.0171 e. The van der Waals surface area contributed by atoms with Crippen LogP contribution in [0.15, 0.2) is 30.3 Å². The van der Waals surface area contributed by atoms with E-state index in [0.29, 0.717) is 0 Å². The van der Waals surface area contributed by atoms with Crippen molar-refractivity contribution < 1.29 is 0 Å². The summed E-state index contributed by atoms with van der Waals surface area (Å²) in [6.07, 6.45) is 3.33. The van der Waals surface area contributed by atoms with Crippen LogP contribution < -0.4 is 5.73 Å². The van der Waals surface area contributed by atoms with Crippen LogP contribution in [-0.2, 0) is 6.42 Å². The third-order valence-electron chi connectivity index (χ3n) is 3.54. The number of rotatable bonds is 10. The Balaban J connectivity index is 2.31. The van der Waals surface area contributed by atoms with Crippen LogP contribution in [0, 0.1) is 0 Å². The summed E-state index contributed by atoms with van der Waals surface area (Å²) in [5.74, 6) is 0. The first-order chi connectivity index (χ1) is 9.61. The van der Waals surface area contributed by atoms with Crippen molar-refractivity contribution in [3.8, 4) is 0 Å². The molecule has 0 bridgehead atoms. The molecule has 1 aromatic carbocycles. The third-order valence-corrected chi connectivity index (χ3v) is 3.54. The van der Waals surface area contributed by atoms with Crippen molar-refractivity contribution in [2.24, 2.45) is 5.73 Å². The second-order valence-corrected chi connectivity index (χ2v) is 5.89. The quantitative estimate of drug-likeness (QED) is 0.712. The van der Waals surface area contributed by atoms with E-state index in [2.05, 4.69) is 61.2 Å². The maximum atomic E-state index is 6.30. The normalized spacial score (nSPS) is 13.1. The van der Waals surface area contributed by atoms with Crippen LogP contribution in [-0.4, -0.2) is 56.1 Å². The maximum absolute atomic E-state index is 6.30. The van der Waals surface area contributed by atoms with Crippen LogP contribution in [0.5, 0.6) is 0 Å². The minimum absolute atomic E-state index is 0.268. The highest BCUT2D eigenvalue weighted by molar-refractivity contribution is 5.14. The molecule has 0 spiro atoms. The molecule has 1 aromatic rings. The summed E-state index contributed by atoms with van der Waals surface area (Å²) in [4.78, 5) is 4.73. The molecule has 3 heteroatoms. The number of hydrogen-bond acceptors (Lipinski definition) is 3. The Labute approximate surface area is 124 Å². The molecule has 0 aliphatic rings. The standard InChI is InChI=1S/C17H31N3/c1-4-12-20(14-13-19(2)3)15-17(18)11-10-16-8-6-5-7-9-16/h5-9,17H,4,10-15,18H2,1-3H3. The van der Waals surface area contributed by atoms with Gasteiger partial charge in [-0.15, -0.1) is 0 Å². The first-order valence-corrected chi connectivity index (χ1v) is 7.78. The van der Waals surface area contributed by atoms with E-state index < -0.39 is 0 Å². The van der Waals surface area contributed by atoms with Gasteiger partial charge >= 0.3 is 0 Å². The lowest BCUT2D eigenvalue weighted by molar-refractivity contribution is 0.226. The van der Waals surface area contributed by atoms with Crippen molar-refractivity contribution in [1.29, 1.82) is 0 Å². The van der Waals surface area contributed by atoms with Crippen molar-refractivity contribution in [2.75, 3.05) is 40.3 Å². The third kappa shape index (κ3) is 7.63. The second-order valence-electron chi connectivity index (χ2n) is 5.89. The zero-order valence-corrected chi connectivity index (χ0v) is 13.4. The summed E-state index contributed by atoms with van der Waals surface area (Å²) in [5.41, 5.74) is 7.69. The topological polar surface area (TPSA) is 32.5 Å². The van der Waals surface area contributed by atoms with Gasteiger partial charge in [0.05, 0.1) is 0 Å². The molecular weight excluding hydrogens is 246 g/mol. The van der Waals surface area contributed by atoms with Gasteiger partial charge in [-0.3, -0.25) is 0 Å². The molecule has 0 aliphatic heterocycles. The van der Waals surface area contributed by atoms with Crippen molar-refractivity contribution in [1.82, 2.24) is 9.80 Å². The van der Waals surface area contributed by atoms with Crippen molar-refractivity contribution >= 4 is 0 Å². The van der Waals surface area contributed by atoms with Crippen molar-refractivity contribution in [3.63, 3.8) is 0 Å². The van der Waals surface area contributed by atoms with E-state index in [1.165, 1.54) is 12.0 Å². The fourth-order valence-corrected chi connectivity index (χ4v) is 2.37. The number of hydrogen-bond donors (Lipinski definition) is 1. The van der Waals surface area contributed by atoms with Crippen LogP contribution in [0.3, 0.4) is 0 Å². The SMILES string of the molecule is CCCN(CCN(C)C)CC(N)CCc1ccccc1. The molecule has 1 atom stereocenters. The molecule has 0 fully saturated rings. The summed E-state index contributed by atoms with van der Waals surface area (Å²) < 4.78 is 0. The molecule has 0 heterocycles. The summed E-state index contributed by atoms with van der Waals surface area (Å²) in [6, 6.07) is 10.9. The first kappa shape index (κ1) is 17.2. The van der Waals surface area contributed by atoms with Gasteiger partial charge in [0.25, 0.3) is 0 Å². The molecule has 2 N–H and O–H groups in total. The molecule has 0 saturated heterocycles. The maximum Gasteiger partial charge on any atom is 0.0171 e. The summed E-state index contributed by atoms with van der Waals surface area (Å²) >= 11 is 0. The number of aryl methyl sites for hydroxylation is 1. The molecule has 0 aromatic heterocycles. The largest absolute Gasteiger partial charge is 0.327 e. The highest BCUT2D eigenvalue weighted by Gasteiger charge is 2.10. The second kappa shape index (κ2) is 9.92. The molecule has 20 heavy (non-hydrogen) atoms. The van der Waals surface area contributed by atoms with Crippen LogP contribution >= 0.6 is 0 Å². The molecule has 0 saturated carbocycles. The molecule has 1 unspecified atom stereocenters. The van der Waals surface area contributed by atoms with E-state index in [0.717, 1.165) is 39.0 Å². The van der Waals surface area contributed by atoms with Gasteiger partial charge in [0.2, 0.25) is 0 Å². The Morgan fingerprint density at radius 3 is 2.35 bits per heavy atom. The van der Waals surface area contributed by atoms with Gasteiger partial charge in [-0.25, -0.2) is 0 Å². The van der Waals surface area contributed by atoms with E-state index in [1.54, 1.807) is 0 Å². The molecule has 0 amide bonds. The van der Waals surface area contributed by atoms with Gasteiger partial charge in [0, 0.05) is 25.7 Å². The van der Waals surface area contributed by atoms with Gasteiger partial charge in [-0.2, -0.15) is 0 Å². The Hall–Kier alpha value is -0.900. The van der Waals surface area contributed by atoms with E-state index >= 15 is 0 Å². The zero-order chi connectivity index (χ0) is 14.8. The van der Waals surface area contributed by atoms with Gasteiger partial charge in [-0.1, -0.05) is 37.3 Å². The Kier molecular flexibility index (Phi) is 8.51. The van der Waals surface area contributed by atoms with Crippen LogP contribution in [0.25, 0.3) is 0 Å². The van der Waals surface area contributed by atoms with Crippen molar-refractivity contribution in [2.45, 2.75) is 32.2 Å². The predicted octanol–water partition coefficient (Wildman–Crippen LogP) is 2.22. The molecular formula is C17H31N3. The monoisotopic (exact) mass is 277 g/mol. The van der Waals surface area contributed by atoms with E-state index in [1.807, 2.05) is 0 Å². The average Bonchev–Trinajstić information content (AvgIpc) is 2.44. The van der Waals surface area contributed by atoms with Crippen LogP contribution in [0.1, 0.15) is 25.3 Å². The number of nitrogens with zero attached hydrogens (tertiary/aromatic N) is 2. The molecule has 114 valence electrons. The minimum atomic E-state index is 0.268. The first-order valence-electron chi connectivity index (χ1n) is 7.78. The lowest BCUT2D eigenvalue weighted by Gasteiger charge is -2.26. The van der Waals surface area contributed by atoms with E-state index in [4.69, 9.17) is 5.73 Å². The average molecular weight is 277 g/mol. The summed E-state index contributed by atoms with van der Waals surface area (Å²) in [6.45, 7) is 6.60. The van der Waals surface area contributed by atoms with Gasteiger partial charge in [-0.05, 0) is 45.5 Å². The Morgan fingerprint density at radius 1 is 1.05 bits per heavy atom. The summed E-state index contributed by atoms with van der Waals surface area (Å²) in [7, 11) is 4.25. The fourth-order valence-electron chi connectivity index (χ4n) is 2.37. The highest BCUT2D eigenvalue weighted by atomic mass is 15.2. The van der Waals surface area contributed by atoms with Crippen LogP contribution in [0.4, 0.5) is 0 Å². The molecule has 1 rings (SSSR count). The highest BCUT2D eigenvalue weighted by Crippen LogP contribution is 2.05. The Morgan fingerprint density at radius 2 is 1.75 bits per heavy atom. The van der Waals surface area contributed by atoms with Gasteiger partial charge in [0.1, 0.15) is 0 Å².